The predicted molar refractivity (Wildman–Crippen MR) is 61.0 cm³/mol. The second-order valence-corrected chi connectivity index (χ2v) is 3.61. The van der Waals surface area contributed by atoms with E-state index in [9.17, 15) is 0 Å². The topological polar surface area (TPSA) is 39.7 Å². The number of nitrogens with one attached hydrogen (secondary N) is 1. The quantitative estimate of drug-likeness (QED) is 0.761. The number of fused-ring (bicyclic) bond motifs is 1. The van der Waals surface area contributed by atoms with Gasteiger partial charge in [-0.05, 0) is 6.07 Å². The Balaban J connectivity index is 1.97. The van der Waals surface area contributed by atoms with E-state index in [1.54, 1.807) is 7.11 Å². The van der Waals surface area contributed by atoms with Crippen LogP contribution in [0.3, 0.4) is 0 Å². The summed E-state index contributed by atoms with van der Waals surface area (Å²) in [5.41, 5.74) is 1.13. The van der Waals surface area contributed by atoms with Crippen LogP contribution in [0.2, 0.25) is 0 Å². The summed E-state index contributed by atoms with van der Waals surface area (Å²) < 4.78 is 16.1. The van der Waals surface area contributed by atoms with E-state index in [1.807, 2.05) is 18.2 Å². The molecule has 4 heteroatoms. The molecule has 1 aliphatic heterocycles. The molecule has 1 heterocycles. The summed E-state index contributed by atoms with van der Waals surface area (Å²) in [4.78, 5) is 0. The number of methoxy groups -OCH3 is 1. The molecular weight excluding hydrogens is 206 g/mol. The average Bonchev–Trinajstić information content (AvgIpc) is 2.35. The predicted octanol–water partition coefficient (Wildman–Crippen LogP) is 1.19. The van der Waals surface area contributed by atoms with Crippen molar-refractivity contribution in [2.75, 3.05) is 33.5 Å². The maximum atomic E-state index is 5.62. The van der Waals surface area contributed by atoms with Crippen molar-refractivity contribution in [1.82, 2.24) is 5.32 Å². The molecule has 0 saturated heterocycles. The third kappa shape index (κ3) is 2.65. The Morgan fingerprint density at radius 2 is 2.19 bits per heavy atom. The number of para-hydroxylation sites is 1. The average molecular weight is 223 g/mol. The number of hydrogen-bond donors (Lipinski definition) is 1. The first kappa shape index (κ1) is 11.2. The molecular formula is C12H17NO3. The van der Waals surface area contributed by atoms with Crippen molar-refractivity contribution in [2.24, 2.45) is 0 Å². The summed E-state index contributed by atoms with van der Waals surface area (Å²) in [5, 5.41) is 3.29. The Morgan fingerprint density at radius 3 is 3.06 bits per heavy atom. The van der Waals surface area contributed by atoms with Gasteiger partial charge in [0.1, 0.15) is 13.2 Å². The highest BCUT2D eigenvalue weighted by molar-refractivity contribution is 5.47. The SMILES string of the molecule is COCCNCc1cccc2c1OCCO2. The van der Waals surface area contributed by atoms with Crippen molar-refractivity contribution in [2.45, 2.75) is 6.54 Å². The lowest BCUT2D eigenvalue weighted by Crippen LogP contribution is -2.21. The maximum Gasteiger partial charge on any atom is 0.165 e. The van der Waals surface area contributed by atoms with Gasteiger partial charge < -0.3 is 19.5 Å². The standard InChI is InChI=1S/C12H17NO3/c1-14-6-5-13-9-10-3-2-4-11-12(10)16-8-7-15-11/h2-4,13H,5-9H2,1H3. The monoisotopic (exact) mass is 223 g/mol. The molecule has 0 fully saturated rings. The van der Waals surface area contributed by atoms with Gasteiger partial charge in [-0.25, -0.2) is 0 Å². The molecule has 0 amide bonds. The molecule has 2 rings (SSSR count). The van der Waals surface area contributed by atoms with Gasteiger partial charge in [-0.15, -0.1) is 0 Å². The zero-order valence-corrected chi connectivity index (χ0v) is 9.49. The van der Waals surface area contributed by atoms with Crippen LogP contribution >= 0.6 is 0 Å². The Bertz CT molecular complexity index is 341. The second kappa shape index (κ2) is 5.72. The molecule has 88 valence electrons. The van der Waals surface area contributed by atoms with E-state index >= 15 is 0 Å². The second-order valence-electron chi connectivity index (χ2n) is 3.61. The number of ether oxygens (including phenoxy) is 3. The highest BCUT2D eigenvalue weighted by atomic mass is 16.6. The van der Waals surface area contributed by atoms with Crippen molar-refractivity contribution in [3.8, 4) is 11.5 Å². The molecule has 0 saturated carbocycles. The van der Waals surface area contributed by atoms with E-state index in [2.05, 4.69) is 5.32 Å². The van der Waals surface area contributed by atoms with E-state index < -0.39 is 0 Å². The van der Waals surface area contributed by atoms with Gasteiger partial charge in [0.05, 0.1) is 6.61 Å². The first-order valence-electron chi connectivity index (χ1n) is 5.49. The summed E-state index contributed by atoms with van der Waals surface area (Å²) in [6.07, 6.45) is 0. The van der Waals surface area contributed by atoms with Crippen LogP contribution in [0.5, 0.6) is 11.5 Å². The molecule has 0 aromatic heterocycles. The van der Waals surface area contributed by atoms with Crippen LogP contribution in [0.4, 0.5) is 0 Å². The van der Waals surface area contributed by atoms with Crippen molar-refractivity contribution >= 4 is 0 Å². The van der Waals surface area contributed by atoms with Gasteiger partial charge in [-0.3, -0.25) is 0 Å². The van der Waals surface area contributed by atoms with Gasteiger partial charge in [0.15, 0.2) is 11.5 Å². The zero-order chi connectivity index (χ0) is 11.2. The smallest absolute Gasteiger partial charge is 0.165 e. The summed E-state index contributed by atoms with van der Waals surface area (Å²) in [6, 6.07) is 5.97. The van der Waals surface area contributed by atoms with Crippen LogP contribution in [0.15, 0.2) is 18.2 Å². The lowest BCUT2D eigenvalue weighted by Gasteiger charge is -2.21. The molecule has 1 N–H and O–H groups in total. The number of benzene rings is 1. The van der Waals surface area contributed by atoms with Gasteiger partial charge in [-0.1, -0.05) is 12.1 Å². The minimum absolute atomic E-state index is 0.627. The van der Waals surface area contributed by atoms with Crippen LogP contribution in [-0.2, 0) is 11.3 Å². The van der Waals surface area contributed by atoms with Gasteiger partial charge in [-0.2, -0.15) is 0 Å². The summed E-state index contributed by atoms with van der Waals surface area (Å²) in [6.45, 7) is 3.58. The van der Waals surface area contributed by atoms with Gasteiger partial charge in [0, 0.05) is 25.8 Å². The molecule has 16 heavy (non-hydrogen) atoms. The van der Waals surface area contributed by atoms with Gasteiger partial charge >= 0.3 is 0 Å². The van der Waals surface area contributed by atoms with Crippen LogP contribution in [0.25, 0.3) is 0 Å². The molecule has 0 bridgehead atoms. The molecule has 0 atom stereocenters. The molecule has 1 aliphatic rings. The zero-order valence-electron chi connectivity index (χ0n) is 9.49. The van der Waals surface area contributed by atoms with Crippen LogP contribution in [0.1, 0.15) is 5.56 Å². The Kier molecular flexibility index (Phi) is 4.02. The van der Waals surface area contributed by atoms with Crippen molar-refractivity contribution in [3.63, 3.8) is 0 Å². The summed E-state index contributed by atoms with van der Waals surface area (Å²) in [7, 11) is 1.70. The van der Waals surface area contributed by atoms with E-state index in [-0.39, 0.29) is 0 Å². The van der Waals surface area contributed by atoms with Crippen molar-refractivity contribution in [3.05, 3.63) is 23.8 Å². The lowest BCUT2D eigenvalue weighted by molar-refractivity contribution is 0.169. The molecule has 1 aromatic rings. The normalized spacial score (nSPS) is 13.8. The molecule has 1 aromatic carbocycles. The minimum Gasteiger partial charge on any atom is -0.486 e. The fraction of sp³-hybridized carbons (Fsp3) is 0.500. The lowest BCUT2D eigenvalue weighted by atomic mass is 10.1. The molecule has 0 radical (unpaired) electrons. The van der Waals surface area contributed by atoms with Gasteiger partial charge in [0.2, 0.25) is 0 Å². The molecule has 0 spiro atoms. The van der Waals surface area contributed by atoms with Crippen LogP contribution < -0.4 is 14.8 Å². The van der Waals surface area contributed by atoms with Crippen molar-refractivity contribution in [1.29, 1.82) is 0 Å². The Morgan fingerprint density at radius 1 is 1.31 bits per heavy atom. The molecule has 4 nitrogen and oxygen atoms in total. The van der Waals surface area contributed by atoms with E-state index in [1.165, 1.54) is 0 Å². The minimum atomic E-state index is 0.627. The first-order chi connectivity index (χ1) is 7.92. The third-order valence-corrected chi connectivity index (χ3v) is 2.45. The highest BCUT2D eigenvalue weighted by Gasteiger charge is 2.14. The first-order valence-corrected chi connectivity index (χ1v) is 5.49. The molecule has 0 aliphatic carbocycles. The largest absolute Gasteiger partial charge is 0.486 e. The Labute approximate surface area is 95.5 Å². The fourth-order valence-electron chi connectivity index (χ4n) is 1.67. The molecule has 0 unspecified atom stereocenters. The summed E-state index contributed by atoms with van der Waals surface area (Å²) >= 11 is 0. The van der Waals surface area contributed by atoms with Crippen molar-refractivity contribution < 1.29 is 14.2 Å². The fourth-order valence-corrected chi connectivity index (χ4v) is 1.67. The maximum absolute atomic E-state index is 5.62. The highest BCUT2D eigenvalue weighted by Crippen LogP contribution is 2.33. The van der Waals surface area contributed by atoms with Crippen LogP contribution in [0, 0.1) is 0 Å². The van der Waals surface area contributed by atoms with Gasteiger partial charge in [0.25, 0.3) is 0 Å². The van der Waals surface area contributed by atoms with E-state index in [0.29, 0.717) is 19.8 Å². The Hall–Kier alpha value is -1.26. The number of rotatable bonds is 5. The van der Waals surface area contributed by atoms with E-state index in [0.717, 1.165) is 30.2 Å². The van der Waals surface area contributed by atoms with Crippen LogP contribution in [-0.4, -0.2) is 33.5 Å². The number of hydrogen-bond acceptors (Lipinski definition) is 4. The van der Waals surface area contributed by atoms with E-state index in [4.69, 9.17) is 14.2 Å². The third-order valence-electron chi connectivity index (χ3n) is 2.45. The summed E-state index contributed by atoms with van der Waals surface area (Å²) in [5.74, 6) is 1.72.